The van der Waals surface area contributed by atoms with Crippen LogP contribution in [0, 0.1) is 0 Å². The van der Waals surface area contributed by atoms with Gasteiger partial charge in [0.1, 0.15) is 0 Å². The van der Waals surface area contributed by atoms with Crippen molar-refractivity contribution >= 4 is 22.6 Å². The van der Waals surface area contributed by atoms with Crippen LogP contribution in [0.15, 0.2) is 0 Å². The van der Waals surface area contributed by atoms with Gasteiger partial charge >= 0.3 is 16.0 Å². The van der Waals surface area contributed by atoms with Crippen LogP contribution in [0.4, 0.5) is 35.1 Å². The van der Waals surface area contributed by atoms with Crippen molar-refractivity contribution in [3.63, 3.8) is 0 Å². The number of halogens is 9. The Hall–Kier alpha value is 0.170. The SMILES string of the molecule is FC(CC(F)(F)F)C(F)(F)C(F)(F)I. The summed E-state index contributed by atoms with van der Waals surface area (Å²) in [4.78, 5) is 0. The van der Waals surface area contributed by atoms with Crippen molar-refractivity contribution in [1.82, 2.24) is 0 Å². The van der Waals surface area contributed by atoms with E-state index in [4.69, 9.17) is 0 Å². The maximum absolute atomic E-state index is 12.2. The molecule has 9 heteroatoms. The van der Waals surface area contributed by atoms with Gasteiger partial charge in [0.05, 0.1) is 6.42 Å². The highest BCUT2D eigenvalue weighted by Crippen LogP contribution is 2.45. The Bertz CT molecular complexity index is 191. The molecule has 0 saturated heterocycles. The van der Waals surface area contributed by atoms with Gasteiger partial charge in [-0.25, -0.2) is 4.39 Å². The predicted molar refractivity (Wildman–Crippen MR) is 39.5 cm³/mol. The first kappa shape index (κ1) is 14.2. The molecule has 0 aromatic carbocycles. The van der Waals surface area contributed by atoms with Gasteiger partial charge in [-0.3, -0.25) is 0 Å². The summed E-state index contributed by atoms with van der Waals surface area (Å²) in [6.07, 6.45) is -11.8. The zero-order chi connectivity index (χ0) is 11.8. The van der Waals surface area contributed by atoms with Crippen LogP contribution in [-0.2, 0) is 0 Å². The van der Waals surface area contributed by atoms with E-state index in [-0.39, 0.29) is 22.6 Å². The summed E-state index contributed by atoms with van der Waals surface area (Å²) in [6.45, 7) is 0. The van der Waals surface area contributed by atoms with Crippen LogP contribution in [0.3, 0.4) is 0 Å². The van der Waals surface area contributed by atoms with Crippen molar-refractivity contribution < 1.29 is 35.1 Å². The summed E-state index contributed by atoms with van der Waals surface area (Å²) in [6, 6.07) is 0. The van der Waals surface area contributed by atoms with Crippen molar-refractivity contribution in [2.75, 3.05) is 0 Å². The molecule has 0 radical (unpaired) electrons. The van der Waals surface area contributed by atoms with Gasteiger partial charge in [0.2, 0.25) is 0 Å². The summed E-state index contributed by atoms with van der Waals surface area (Å²) < 4.78 is 89.9. The maximum Gasteiger partial charge on any atom is 0.392 e. The first-order chi connectivity index (χ1) is 5.88. The largest absolute Gasteiger partial charge is 0.392 e. The van der Waals surface area contributed by atoms with Gasteiger partial charge in [0.15, 0.2) is 6.17 Å². The van der Waals surface area contributed by atoms with E-state index >= 15 is 0 Å². The minimum atomic E-state index is -5.33. The lowest BCUT2D eigenvalue weighted by atomic mass is 10.1. The molecule has 0 spiro atoms. The Balaban J connectivity index is 4.61. The van der Waals surface area contributed by atoms with E-state index in [0.717, 1.165) is 0 Å². The van der Waals surface area contributed by atoms with Crippen LogP contribution >= 0.6 is 22.6 Å². The molecular formula is C5H3F8I. The average Bonchev–Trinajstić information content (AvgIpc) is 1.80. The van der Waals surface area contributed by atoms with Crippen LogP contribution < -0.4 is 0 Å². The highest BCUT2D eigenvalue weighted by atomic mass is 127. The summed E-state index contributed by atoms with van der Waals surface area (Å²) in [5, 5.41) is 0. The monoisotopic (exact) mass is 342 g/mol. The van der Waals surface area contributed by atoms with Gasteiger partial charge in [0.25, 0.3) is 0 Å². The topological polar surface area (TPSA) is 0 Å². The molecule has 0 rings (SSSR count). The Morgan fingerprint density at radius 2 is 1.29 bits per heavy atom. The van der Waals surface area contributed by atoms with Crippen LogP contribution in [0.1, 0.15) is 6.42 Å². The molecule has 0 amide bonds. The van der Waals surface area contributed by atoms with Gasteiger partial charge in [-0.15, -0.1) is 0 Å². The van der Waals surface area contributed by atoms with Gasteiger partial charge in [0, 0.05) is 22.6 Å². The molecule has 14 heavy (non-hydrogen) atoms. The fourth-order valence-electron chi connectivity index (χ4n) is 0.509. The van der Waals surface area contributed by atoms with Gasteiger partial charge in [-0.2, -0.15) is 30.7 Å². The lowest BCUT2D eigenvalue weighted by molar-refractivity contribution is -0.217. The second-order valence-electron chi connectivity index (χ2n) is 2.41. The molecule has 0 aliphatic heterocycles. The van der Waals surface area contributed by atoms with Crippen molar-refractivity contribution in [3.05, 3.63) is 0 Å². The maximum atomic E-state index is 12.2. The molecule has 0 fully saturated rings. The minimum absolute atomic E-state index is 0.105. The lowest BCUT2D eigenvalue weighted by Crippen LogP contribution is -2.45. The van der Waals surface area contributed by atoms with Crippen LogP contribution in [0.25, 0.3) is 0 Å². The highest BCUT2D eigenvalue weighted by Gasteiger charge is 2.62. The minimum Gasteiger partial charge on any atom is -0.240 e. The Morgan fingerprint density at radius 3 is 1.50 bits per heavy atom. The van der Waals surface area contributed by atoms with E-state index in [1.54, 1.807) is 0 Å². The second-order valence-corrected chi connectivity index (χ2v) is 3.76. The molecule has 0 bridgehead atoms. The number of alkyl halides is 9. The Morgan fingerprint density at radius 1 is 0.929 bits per heavy atom. The summed E-state index contributed by atoms with van der Waals surface area (Å²) in [7, 11) is 0. The molecule has 0 aromatic rings. The van der Waals surface area contributed by atoms with Crippen LogP contribution in [-0.4, -0.2) is 22.2 Å². The summed E-state index contributed by atoms with van der Waals surface area (Å²) in [5.41, 5.74) is 0. The predicted octanol–water partition coefficient (Wildman–Crippen LogP) is 3.94. The van der Waals surface area contributed by atoms with Gasteiger partial charge in [-0.05, 0) is 0 Å². The lowest BCUT2D eigenvalue weighted by Gasteiger charge is -2.25. The van der Waals surface area contributed by atoms with Crippen molar-refractivity contribution in [3.8, 4) is 0 Å². The smallest absolute Gasteiger partial charge is 0.240 e. The third-order valence-corrected chi connectivity index (χ3v) is 1.90. The second kappa shape index (κ2) is 3.97. The molecule has 1 atom stereocenters. The molecule has 1 unspecified atom stereocenters. The normalized spacial score (nSPS) is 16.9. The van der Waals surface area contributed by atoms with Crippen LogP contribution in [0.2, 0.25) is 0 Å². The summed E-state index contributed by atoms with van der Waals surface area (Å²) in [5.74, 6) is -5.33. The number of hydrogen-bond acceptors (Lipinski definition) is 0. The molecule has 0 aliphatic carbocycles. The zero-order valence-electron chi connectivity index (χ0n) is 6.19. The number of hydrogen-bond donors (Lipinski definition) is 0. The Kier molecular flexibility index (Phi) is 4.02. The molecule has 0 N–H and O–H groups in total. The third-order valence-electron chi connectivity index (χ3n) is 1.18. The first-order valence-electron chi connectivity index (χ1n) is 3.03. The zero-order valence-corrected chi connectivity index (χ0v) is 8.34. The quantitative estimate of drug-likeness (QED) is 0.414. The van der Waals surface area contributed by atoms with E-state index in [1.165, 1.54) is 0 Å². The third kappa shape index (κ3) is 3.73. The molecular weight excluding hydrogens is 339 g/mol. The fourth-order valence-corrected chi connectivity index (χ4v) is 0.847. The van der Waals surface area contributed by atoms with E-state index in [0.29, 0.717) is 0 Å². The Labute approximate surface area is 86.8 Å². The standard InChI is InChI=1S/C5H3F8I/c6-2(1-3(7,8)9)4(10,11)5(12,13)14/h2H,1H2. The van der Waals surface area contributed by atoms with Crippen molar-refractivity contribution in [2.45, 2.75) is 28.6 Å². The van der Waals surface area contributed by atoms with Gasteiger partial charge < -0.3 is 0 Å². The van der Waals surface area contributed by atoms with E-state index in [1.807, 2.05) is 0 Å². The molecule has 0 heterocycles. The van der Waals surface area contributed by atoms with Crippen molar-refractivity contribution in [2.24, 2.45) is 0 Å². The highest BCUT2D eigenvalue weighted by molar-refractivity contribution is 14.1. The van der Waals surface area contributed by atoms with Crippen molar-refractivity contribution in [1.29, 1.82) is 0 Å². The molecule has 0 nitrogen and oxygen atoms in total. The average molecular weight is 342 g/mol. The van der Waals surface area contributed by atoms with E-state index < -0.39 is 28.6 Å². The fraction of sp³-hybridized carbons (Fsp3) is 1.00. The first-order valence-corrected chi connectivity index (χ1v) is 4.11. The van der Waals surface area contributed by atoms with E-state index in [9.17, 15) is 35.1 Å². The molecule has 86 valence electrons. The summed E-state index contributed by atoms with van der Waals surface area (Å²) >= 11 is -0.105. The molecule has 0 aromatic heterocycles. The molecule has 0 aliphatic rings. The number of rotatable bonds is 3. The molecule has 0 saturated carbocycles. The van der Waals surface area contributed by atoms with Crippen LogP contribution in [0.5, 0.6) is 0 Å². The van der Waals surface area contributed by atoms with Gasteiger partial charge in [-0.1, -0.05) is 0 Å². The van der Waals surface area contributed by atoms with E-state index in [2.05, 4.69) is 0 Å².